The summed E-state index contributed by atoms with van der Waals surface area (Å²) < 4.78 is 29.5. The number of para-hydroxylation sites is 1. The number of hydrogen-bond acceptors (Lipinski definition) is 4. The summed E-state index contributed by atoms with van der Waals surface area (Å²) in [5.41, 5.74) is 1.40. The van der Waals surface area contributed by atoms with Crippen LogP contribution in [-0.2, 0) is 17.1 Å². The number of amides is 1. The Kier molecular flexibility index (Phi) is 5.51. The molecule has 1 aromatic heterocycles. The van der Waals surface area contributed by atoms with Crippen LogP contribution in [0.15, 0.2) is 65.7 Å². The predicted molar refractivity (Wildman–Crippen MR) is 109 cm³/mol. The topological polar surface area (TPSA) is 84.3 Å². The molecule has 1 heterocycles. The lowest BCUT2D eigenvalue weighted by molar-refractivity contribution is 0.102. The van der Waals surface area contributed by atoms with Gasteiger partial charge in [-0.05, 0) is 43.7 Å². The molecule has 0 saturated heterocycles. The van der Waals surface area contributed by atoms with Gasteiger partial charge in [0.25, 0.3) is 15.9 Å². The second-order valence-corrected chi connectivity index (χ2v) is 8.15. The van der Waals surface area contributed by atoms with E-state index >= 15 is 0 Å². The van der Waals surface area contributed by atoms with Gasteiger partial charge in [-0.2, -0.15) is 5.10 Å². The molecule has 1 amide bonds. The number of aromatic nitrogens is 2. The molecule has 2 aromatic carbocycles. The van der Waals surface area contributed by atoms with E-state index in [0.717, 1.165) is 0 Å². The maximum atomic E-state index is 13.3. The molecule has 1 N–H and O–H groups in total. The molecule has 3 rings (SSSR count). The van der Waals surface area contributed by atoms with Crippen LogP contribution in [0.4, 0.5) is 11.5 Å². The highest BCUT2D eigenvalue weighted by atomic mass is 32.2. The molecule has 0 unspecified atom stereocenters. The molecule has 0 aliphatic rings. The summed E-state index contributed by atoms with van der Waals surface area (Å²) in [5, 5.41) is 6.78. The Morgan fingerprint density at radius 1 is 1.14 bits per heavy atom. The summed E-state index contributed by atoms with van der Waals surface area (Å²) in [5.74, 6) is -0.0186. The van der Waals surface area contributed by atoms with Crippen molar-refractivity contribution >= 4 is 27.4 Å². The van der Waals surface area contributed by atoms with Crippen molar-refractivity contribution in [1.82, 2.24) is 9.78 Å². The quantitative estimate of drug-likeness (QED) is 0.691. The number of carbonyl (C=O) groups is 1. The smallest absolute Gasteiger partial charge is 0.264 e. The van der Waals surface area contributed by atoms with Crippen LogP contribution in [0.3, 0.4) is 0 Å². The second kappa shape index (κ2) is 7.85. The van der Waals surface area contributed by atoms with Crippen LogP contribution in [0.1, 0.15) is 22.8 Å². The van der Waals surface area contributed by atoms with Crippen molar-refractivity contribution in [2.75, 3.05) is 16.2 Å². The molecule has 0 aliphatic carbocycles. The lowest BCUT2D eigenvalue weighted by Gasteiger charge is -2.24. The standard InChI is InChI=1S/C20H22N4O3S/c1-4-24(17-8-6-5-7-9-17)28(26,27)18-14-16(11-10-15(18)2)20(25)21-19-12-13-23(3)22-19/h5-14H,4H2,1-3H3,(H,21,22,25). The van der Waals surface area contributed by atoms with Crippen molar-refractivity contribution in [1.29, 1.82) is 0 Å². The molecule has 8 heteroatoms. The fourth-order valence-corrected chi connectivity index (χ4v) is 4.62. The van der Waals surface area contributed by atoms with E-state index in [0.29, 0.717) is 17.1 Å². The van der Waals surface area contributed by atoms with Gasteiger partial charge in [0.05, 0.1) is 10.6 Å². The van der Waals surface area contributed by atoms with Crippen molar-refractivity contribution in [3.05, 3.63) is 71.9 Å². The zero-order valence-electron chi connectivity index (χ0n) is 16.0. The van der Waals surface area contributed by atoms with Crippen molar-refractivity contribution in [3.63, 3.8) is 0 Å². The Balaban J connectivity index is 1.97. The minimum atomic E-state index is -3.83. The van der Waals surface area contributed by atoms with Crippen molar-refractivity contribution < 1.29 is 13.2 Å². The molecule has 0 bridgehead atoms. The molecule has 0 saturated carbocycles. The van der Waals surface area contributed by atoms with Gasteiger partial charge >= 0.3 is 0 Å². The molecule has 3 aromatic rings. The summed E-state index contributed by atoms with van der Waals surface area (Å²) in [6, 6.07) is 15.2. The van der Waals surface area contributed by atoms with Gasteiger partial charge in [0.15, 0.2) is 5.82 Å². The third-order valence-electron chi connectivity index (χ3n) is 4.30. The number of rotatable bonds is 6. The Morgan fingerprint density at radius 2 is 1.86 bits per heavy atom. The van der Waals surface area contributed by atoms with E-state index < -0.39 is 15.9 Å². The predicted octanol–water partition coefficient (Wildman–Crippen LogP) is 3.20. The first kappa shape index (κ1) is 19.6. The lowest BCUT2D eigenvalue weighted by atomic mass is 10.1. The van der Waals surface area contributed by atoms with Gasteiger partial charge in [-0.25, -0.2) is 8.42 Å². The Morgan fingerprint density at radius 3 is 2.46 bits per heavy atom. The number of sulfonamides is 1. The minimum absolute atomic E-state index is 0.104. The fourth-order valence-electron chi connectivity index (χ4n) is 2.89. The van der Waals surface area contributed by atoms with Crippen LogP contribution in [0.25, 0.3) is 0 Å². The van der Waals surface area contributed by atoms with E-state index in [9.17, 15) is 13.2 Å². The lowest BCUT2D eigenvalue weighted by Crippen LogP contribution is -2.31. The monoisotopic (exact) mass is 398 g/mol. The summed E-state index contributed by atoms with van der Waals surface area (Å²) in [6.07, 6.45) is 1.71. The molecule has 0 spiro atoms. The largest absolute Gasteiger partial charge is 0.305 e. The maximum absolute atomic E-state index is 13.3. The van der Waals surface area contributed by atoms with Gasteiger partial charge in [-0.15, -0.1) is 0 Å². The zero-order valence-corrected chi connectivity index (χ0v) is 16.8. The molecule has 0 radical (unpaired) electrons. The van der Waals surface area contributed by atoms with Gasteiger partial charge in [0, 0.05) is 31.4 Å². The van der Waals surface area contributed by atoms with Gasteiger partial charge in [0.2, 0.25) is 0 Å². The van der Waals surface area contributed by atoms with E-state index in [-0.39, 0.29) is 17.0 Å². The van der Waals surface area contributed by atoms with E-state index in [2.05, 4.69) is 10.4 Å². The molecule has 146 valence electrons. The normalized spacial score (nSPS) is 11.2. The van der Waals surface area contributed by atoms with E-state index in [1.165, 1.54) is 10.4 Å². The van der Waals surface area contributed by atoms with E-state index in [1.807, 2.05) is 6.07 Å². The zero-order chi connectivity index (χ0) is 20.3. The van der Waals surface area contributed by atoms with E-state index in [1.54, 1.807) is 74.2 Å². The fraction of sp³-hybridized carbons (Fsp3) is 0.200. The Labute approximate surface area is 164 Å². The first-order valence-electron chi connectivity index (χ1n) is 8.82. The second-order valence-electron chi connectivity index (χ2n) is 6.31. The third kappa shape index (κ3) is 3.91. The van der Waals surface area contributed by atoms with Crippen molar-refractivity contribution in [2.24, 2.45) is 7.05 Å². The summed E-state index contributed by atoms with van der Waals surface area (Å²) in [6.45, 7) is 3.76. The van der Waals surface area contributed by atoms with Crippen molar-refractivity contribution in [2.45, 2.75) is 18.7 Å². The van der Waals surface area contributed by atoms with Gasteiger partial charge < -0.3 is 5.32 Å². The van der Waals surface area contributed by atoms with Crippen LogP contribution >= 0.6 is 0 Å². The molecule has 0 aliphatic heterocycles. The van der Waals surface area contributed by atoms with Crippen LogP contribution < -0.4 is 9.62 Å². The number of carbonyl (C=O) groups excluding carboxylic acids is 1. The highest BCUT2D eigenvalue weighted by molar-refractivity contribution is 7.92. The van der Waals surface area contributed by atoms with Crippen LogP contribution in [0, 0.1) is 6.92 Å². The molecule has 28 heavy (non-hydrogen) atoms. The highest BCUT2D eigenvalue weighted by Gasteiger charge is 2.26. The first-order valence-corrected chi connectivity index (χ1v) is 10.3. The first-order chi connectivity index (χ1) is 13.3. The van der Waals surface area contributed by atoms with Crippen molar-refractivity contribution in [3.8, 4) is 0 Å². The minimum Gasteiger partial charge on any atom is -0.305 e. The van der Waals surface area contributed by atoms with Gasteiger partial charge in [-0.3, -0.25) is 13.8 Å². The number of benzene rings is 2. The summed E-state index contributed by atoms with van der Waals surface area (Å²) in [4.78, 5) is 12.7. The summed E-state index contributed by atoms with van der Waals surface area (Å²) in [7, 11) is -2.08. The number of anilines is 2. The van der Waals surface area contributed by atoms with E-state index in [4.69, 9.17) is 0 Å². The van der Waals surface area contributed by atoms with Gasteiger partial charge in [-0.1, -0.05) is 24.3 Å². The number of aryl methyl sites for hydroxylation is 2. The number of nitrogens with one attached hydrogen (secondary N) is 1. The van der Waals surface area contributed by atoms with Crippen LogP contribution in [0.5, 0.6) is 0 Å². The molecule has 0 fully saturated rings. The number of hydrogen-bond donors (Lipinski definition) is 1. The Hall–Kier alpha value is -3.13. The average Bonchev–Trinajstić information content (AvgIpc) is 3.07. The van der Waals surface area contributed by atoms with Gasteiger partial charge in [0.1, 0.15) is 0 Å². The average molecular weight is 398 g/mol. The van der Waals surface area contributed by atoms with Crippen LogP contribution in [0.2, 0.25) is 0 Å². The highest BCUT2D eigenvalue weighted by Crippen LogP contribution is 2.26. The van der Waals surface area contributed by atoms with Crippen LogP contribution in [-0.4, -0.2) is 30.7 Å². The molecule has 0 atom stereocenters. The SMILES string of the molecule is CCN(c1ccccc1)S(=O)(=O)c1cc(C(=O)Nc2ccn(C)n2)ccc1C. The maximum Gasteiger partial charge on any atom is 0.264 e. The summed E-state index contributed by atoms with van der Waals surface area (Å²) >= 11 is 0. The number of nitrogens with zero attached hydrogens (tertiary/aromatic N) is 3. The molecular formula is C20H22N4O3S. The molecule has 7 nitrogen and oxygen atoms in total. The Bertz CT molecular complexity index is 1090. The third-order valence-corrected chi connectivity index (χ3v) is 6.35. The molecular weight excluding hydrogens is 376 g/mol.